The molecule has 4 heteroatoms. The zero-order valence-electron chi connectivity index (χ0n) is 14.1. The fraction of sp³-hybridized carbons (Fsp3) is 0.647. The second-order valence-corrected chi connectivity index (χ2v) is 11.5. The molecule has 118 valence electrons. The zero-order chi connectivity index (χ0) is 15.3. The van der Waals surface area contributed by atoms with E-state index in [2.05, 4.69) is 60.8 Å². The Morgan fingerprint density at radius 3 is 2.38 bits per heavy atom. The van der Waals surface area contributed by atoms with Crippen molar-refractivity contribution in [2.75, 3.05) is 39.8 Å². The maximum Gasteiger partial charge on any atom is 0.242 e. The van der Waals surface area contributed by atoms with Crippen LogP contribution < -0.4 is 4.43 Å². The first-order chi connectivity index (χ1) is 9.94. The number of rotatable bonds is 6. The standard InChI is InChI=1S/C17H30N2OSi/c1-18-12-14-19(15-13-18)11-7-9-16-8-5-6-10-17(16)20-21(2,3)4/h5-6,8,10H,7,9,11-15H2,1-4H3. The SMILES string of the molecule is CN1CCN(CCCc2ccccc2O[Si](C)(C)C)CC1. The van der Waals surface area contributed by atoms with Crippen molar-refractivity contribution in [2.45, 2.75) is 32.5 Å². The van der Waals surface area contributed by atoms with Crippen LogP contribution in [0.1, 0.15) is 12.0 Å². The quantitative estimate of drug-likeness (QED) is 0.751. The van der Waals surface area contributed by atoms with E-state index in [-0.39, 0.29) is 0 Å². The van der Waals surface area contributed by atoms with Crippen LogP contribution >= 0.6 is 0 Å². The van der Waals surface area contributed by atoms with E-state index in [9.17, 15) is 0 Å². The summed E-state index contributed by atoms with van der Waals surface area (Å²) in [5.74, 6) is 1.11. The molecule has 1 fully saturated rings. The molecule has 0 spiro atoms. The summed E-state index contributed by atoms with van der Waals surface area (Å²) >= 11 is 0. The maximum atomic E-state index is 6.21. The summed E-state index contributed by atoms with van der Waals surface area (Å²) in [5.41, 5.74) is 1.37. The van der Waals surface area contributed by atoms with Gasteiger partial charge in [-0.2, -0.15) is 0 Å². The van der Waals surface area contributed by atoms with Gasteiger partial charge in [-0.05, 0) is 57.7 Å². The first-order valence-electron chi connectivity index (χ1n) is 8.12. The van der Waals surface area contributed by atoms with Gasteiger partial charge in [-0.1, -0.05) is 18.2 Å². The Kier molecular flexibility index (Phi) is 5.85. The fourth-order valence-corrected chi connectivity index (χ4v) is 3.56. The highest BCUT2D eigenvalue weighted by molar-refractivity contribution is 6.70. The van der Waals surface area contributed by atoms with Gasteiger partial charge >= 0.3 is 0 Å². The third-order valence-electron chi connectivity index (χ3n) is 3.91. The summed E-state index contributed by atoms with van der Waals surface area (Å²) in [5, 5.41) is 0. The summed E-state index contributed by atoms with van der Waals surface area (Å²) in [4.78, 5) is 5.00. The molecule has 0 aromatic heterocycles. The van der Waals surface area contributed by atoms with Crippen LogP contribution in [0.2, 0.25) is 19.6 Å². The van der Waals surface area contributed by atoms with Crippen molar-refractivity contribution in [2.24, 2.45) is 0 Å². The number of hydrogen-bond acceptors (Lipinski definition) is 3. The number of para-hydroxylation sites is 1. The van der Waals surface area contributed by atoms with E-state index in [0.717, 1.165) is 12.2 Å². The third kappa shape index (κ3) is 5.81. The Morgan fingerprint density at radius 2 is 1.71 bits per heavy atom. The molecular formula is C17H30N2OSi. The maximum absolute atomic E-state index is 6.21. The average Bonchev–Trinajstić information content (AvgIpc) is 2.41. The van der Waals surface area contributed by atoms with Crippen molar-refractivity contribution in [3.8, 4) is 5.75 Å². The summed E-state index contributed by atoms with van der Waals surface area (Å²) in [7, 11) is 0.685. The smallest absolute Gasteiger partial charge is 0.242 e. The molecule has 21 heavy (non-hydrogen) atoms. The summed E-state index contributed by atoms with van der Waals surface area (Å²) in [6.07, 6.45) is 2.34. The van der Waals surface area contributed by atoms with Gasteiger partial charge in [-0.3, -0.25) is 0 Å². The number of piperazine rings is 1. The molecule has 0 unspecified atom stereocenters. The molecule has 0 atom stereocenters. The molecule has 2 rings (SSSR count). The molecule has 1 aliphatic rings. The molecule has 0 aliphatic carbocycles. The summed E-state index contributed by atoms with van der Waals surface area (Å²) in [6, 6.07) is 8.56. The normalized spacial score (nSPS) is 17.9. The average molecular weight is 307 g/mol. The summed E-state index contributed by atoms with van der Waals surface area (Å²) in [6.45, 7) is 12.8. The van der Waals surface area contributed by atoms with Crippen LogP contribution in [0, 0.1) is 0 Å². The van der Waals surface area contributed by atoms with Crippen LogP contribution in [0.4, 0.5) is 0 Å². The highest BCUT2D eigenvalue weighted by atomic mass is 28.4. The minimum absolute atomic E-state index is 1.11. The highest BCUT2D eigenvalue weighted by Gasteiger charge is 2.18. The van der Waals surface area contributed by atoms with Crippen LogP contribution in [0.5, 0.6) is 5.75 Å². The van der Waals surface area contributed by atoms with Gasteiger partial charge in [0.15, 0.2) is 0 Å². The van der Waals surface area contributed by atoms with Crippen LogP contribution in [-0.2, 0) is 6.42 Å². The molecule has 0 saturated carbocycles. The van der Waals surface area contributed by atoms with Crippen molar-refractivity contribution in [1.82, 2.24) is 9.80 Å². The predicted molar refractivity (Wildman–Crippen MR) is 92.7 cm³/mol. The Hall–Kier alpha value is -0.843. The minimum Gasteiger partial charge on any atom is -0.544 e. The lowest BCUT2D eigenvalue weighted by atomic mass is 10.1. The molecule has 0 N–H and O–H groups in total. The van der Waals surface area contributed by atoms with Crippen LogP contribution in [-0.4, -0.2) is 57.9 Å². The van der Waals surface area contributed by atoms with Crippen molar-refractivity contribution in [1.29, 1.82) is 0 Å². The Balaban J connectivity index is 1.83. The number of benzene rings is 1. The number of likely N-dealkylation sites (N-methyl/N-ethyl adjacent to an activating group) is 1. The first-order valence-corrected chi connectivity index (χ1v) is 11.5. The van der Waals surface area contributed by atoms with E-state index in [1.807, 2.05) is 0 Å². The molecule has 1 aliphatic heterocycles. The predicted octanol–water partition coefficient (Wildman–Crippen LogP) is 3.08. The molecule has 1 aromatic carbocycles. The van der Waals surface area contributed by atoms with E-state index in [0.29, 0.717) is 0 Å². The largest absolute Gasteiger partial charge is 0.544 e. The van der Waals surface area contributed by atoms with Gasteiger partial charge in [0.2, 0.25) is 8.32 Å². The number of aryl methyl sites for hydroxylation is 1. The van der Waals surface area contributed by atoms with E-state index in [1.54, 1.807) is 0 Å². The van der Waals surface area contributed by atoms with Crippen LogP contribution in [0.15, 0.2) is 24.3 Å². The van der Waals surface area contributed by atoms with Crippen LogP contribution in [0.25, 0.3) is 0 Å². The molecule has 3 nitrogen and oxygen atoms in total. The second-order valence-electron chi connectivity index (χ2n) is 7.07. The second kappa shape index (κ2) is 7.43. The topological polar surface area (TPSA) is 15.7 Å². The molecule has 0 bridgehead atoms. The van der Waals surface area contributed by atoms with Gasteiger partial charge in [0, 0.05) is 26.2 Å². The zero-order valence-corrected chi connectivity index (χ0v) is 15.1. The van der Waals surface area contributed by atoms with Crippen molar-refractivity contribution >= 4 is 8.32 Å². The van der Waals surface area contributed by atoms with Gasteiger partial charge in [-0.15, -0.1) is 0 Å². The Bertz CT molecular complexity index is 437. The van der Waals surface area contributed by atoms with Gasteiger partial charge < -0.3 is 14.2 Å². The minimum atomic E-state index is -1.52. The number of hydrogen-bond donors (Lipinski definition) is 0. The van der Waals surface area contributed by atoms with E-state index >= 15 is 0 Å². The molecular weight excluding hydrogens is 276 g/mol. The first kappa shape index (κ1) is 16.5. The molecule has 1 heterocycles. The van der Waals surface area contributed by atoms with Crippen LogP contribution in [0.3, 0.4) is 0 Å². The molecule has 0 amide bonds. The van der Waals surface area contributed by atoms with Crippen molar-refractivity contribution in [3.63, 3.8) is 0 Å². The van der Waals surface area contributed by atoms with Crippen molar-refractivity contribution < 1.29 is 4.43 Å². The lowest BCUT2D eigenvalue weighted by Crippen LogP contribution is -2.44. The number of nitrogens with zero attached hydrogens (tertiary/aromatic N) is 2. The fourth-order valence-electron chi connectivity index (χ4n) is 2.70. The third-order valence-corrected chi connectivity index (χ3v) is 4.74. The Labute approximate surface area is 131 Å². The Morgan fingerprint density at radius 1 is 1.05 bits per heavy atom. The molecule has 1 aromatic rings. The lowest BCUT2D eigenvalue weighted by molar-refractivity contribution is 0.153. The summed E-state index contributed by atoms with van der Waals surface area (Å²) < 4.78 is 6.21. The lowest BCUT2D eigenvalue weighted by Gasteiger charge is -2.32. The van der Waals surface area contributed by atoms with E-state index in [4.69, 9.17) is 4.43 Å². The van der Waals surface area contributed by atoms with Gasteiger partial charge in [-0.25, -0.2) is 0 Å². The van der Waals surface area contributed by atoms with E-state index < -0.39 is 8.32 Å². The van der Waals surface area contributed by atoms with Gasteiger partial charge in [0.25, 0.3) is 0 Å². The van der Waals surface area contributed by atoms with Gasteiger partial charge in [0.1, 0.15) is 5.75 Å². The molecule has 0 radical (unpaired) electrons. The van der Waals surface area contributed by atoms with Gasteiger partial charge in [0.05, 0.1) is 0 Å². The van der Waals surface area contributed by atoms with E-state index in [1.165, 1.54) is 44.7 Å². The monoisotopic (exact) mass is 306 g/mol. The van der Waals surface area contributed by atoms with Crippen molar-refractivity contribution in [3.05, 3.63) is 29.8 Å². The molecule has 1 saturated heterocycles. The highest BCUT2D eigenvalue weighted by Crippen LogP contribution is 2.23.